The SMILES string of the molecule is CC(C)(C)OC(=O)N(C(=O)Oc1ccc([N+](=O)[O-])cc1)N(C(=O)Oc1ccc([N+](=O)[O-])cc1)C(=O)OC(C)(C)C. The number of benzene rings is 2. The second-order valence-electron chi connectivity index (χ2n) is 9.82. The zero-order valence-corrected chi connectivity index (χ0v) is 22.3. The highest BCUT2D eigenvalue weighted by Gasteiger charge is 2.44. The van der Waals surface area contributed by atoms with Gasteiger partial charge in [0.05, 0.1) is 9.85 Å². The molecular weight excluding hydrogens is 536 g/mol. The molecule has 40 heavy (non-hydrogen) atoms. The Morgan fingerprint density at radius 3 is 1.07 bits per heavy atom. The van der Waals surface area contributed by atoms with E-state index in [0.717, 1.165) is 48.5 Å². The molecule has 0 aromatic heterocycles. The number of ether oxygens (including phenoxy) is 4. The number of nitro benzene ring substituents is 2. The Labute approximate surface area is 227 Å². The quantitative estimate of drug-likeness (QED) is 0.331. The van der Waals surface area contributed by atoms with E-state index >= 15 is 0 Å². The molecule has 0 spiro atoms. The minimum Gasteiger partial charge on any atom is -0.442 e. The predicted molar refractivity (Wildman–Crippen MR) is 134 cm³/mol. The highest BCUT2D eigenvalue weighted by atomic mass is 16.6. The van der Waals surface area contributed by atoms with Gasteiger partial charge in [-0.25, -0.2) is 19.2 Å². The second kappa shape index (κ2) is 12.1. The minimum atomic E-state index is -1.64. The van der Waals surface area contributed by atoms with Gasteiger partial charge in [-0.2, -0.15) is 0 Å². The van der Waals surface area contributed by atoms with Gasteiger partial charge in [0.15, 0.2) is 0 Å². The number of non-ortho nitro benzene ring substituents is 2. The van der Waals surface area contributed by atoms with E-state index in [-0.39, 0.29) is 32.9 Å². The van der Waals surface area contributed by atoms with Gasteiger partial charge < -0.3 is 18.9 Å². The van der Waals surface area contributed by atoms with Crippen molar-refractivity contribution in [1.82, 2.24) is 10.0 Å². The fourth-order valence-corrected chi connectivity index (χ4v) is 2.65. The maximum Gasteiger partial charge on any atom is 0.445 e. The molecule has 0 aliphatic carbocycles. The number of amides is 4. The smallest absolute Gasteiger partial charge is 0.442 e. The van der Waals surface area contributed by atoms with Crippen LogP contribution < -0.4 is 9.47 Å². The normalized spacial score (nSPS) is 11.1. The zero-order valence-electron chi connectivity index (χ0n) is 22.3. The monoisotopic (exact) mass is 562 g/mol. The Balaban J connectivity index is 2.53. The first-order valence-corrected chi connectivity index (χ1v) is 11.4. The number of carbonyl (C=O) groups excluding carboxylic acids is 4. The van der Waals surface area contributed by atoms with E-state index in [2.05, 4.69) is 0 Å². The van der Waals surface area contributed by atoms with Gasteiger partial charge in [0.1, 0.15) is 22.7 Å². The van der Waals surface area contributed by atoms with Crippen molar-refractivity contribution in [1.29, 1.82) is 0 Å². The van der Waals surface area contributed by atoms with E-state index in [9.17, 15) is 39.4 Å². The summed E-state index contributed by atoms with van der Waals surface area (Å²) in [5, 5.41) is 21.6. The van der Waals surface area contributed by atoms with E-state index in [1.165, 1.54) is 41.5 Å². The third kappa shape index (κ3) is 8.93. The van der Waals surface area contributed by atoms with Gasteiger partial charge in [-0.1, -0.05) is 10.0 Å². The summed E-state index contributed by atoms with van der Waals surface area (Å²) < 4.78 is 20.5. The molecule has 0 saturated carbocycles. The van der Waals surface area contributed by atoms with Crippen LogP contribution in [0.4, 0.5) is 30.6 Å². The molecule has 0 bridgehead atoms. The summed E-state index contributed by atoms with van der Waals surface area (Å²) in [4.78, 5) is 73.0. The van der Waals surface area contributed by atoms with E-state index in [1.807, 2.05) is 0 Å². The van der Waals surface area contributed by atoms with Gasteiger partial charge in [0.25, 0.3) is 11.4 Å². The molecule has 4 amide bonds. The number of hydrogen-bond acceptors (Lipinski definition) is 12. The highest BCUT2D eigenvalue weighted by molar-refractivity contribution is 5.98. The highest BCUT2D eigenvalue weighted by Crippen LogP contribution is 2.23. The molecule has 0 aliphatic rings. The minimum absolute atomic E-state index is 0.117. The van der Waals surface area contributed by atoms with Crippen molar-refractivity contribution in [3.8, 4) is 11.5 Å². The summed E-state index contributed by atoms with van der Waals surface area (Å²) in [7, 11) is 0. The number of imide groups is 2. The summed E-state index contributed by atoms with van der Waals surface area (Å²) in [5.41, 5.74) is -3.12. The maximum absolute atomic E-state index is 13.2. The van der Waals surface area contributed by atoms with Crippen molar-refractivity contribution in [2.75, 3.05) is 0 Å². The fraction of sp³-hybridized carbons (Fsp3) is 0.333. The molecule has 214 valence electrons. The van der Waals surface area contributed by atoms with Crippen LogP contribution in [0.5, 0.6) is 11.5 Å². The summed E-state index contributed by atoms with van der Waals surface area (Å²) >= 11 is 0. The number of nitro groups is 2. The van der Waals surface area contributed by atoms with Crippen LogP contribution in [0.2, 0.25) is 0 Å². The van der Waals surface area contributed by atoms with Crippen molar-refractivity contribution in [2.24, 2.45) is 0 Å². The Morgan fingerprint density at radius 2 is 0.850 bits per heavy atom. The number of nitrogens with zero attached hydrogens (tertiary/aromatic N) is 4. The number of carbonyl (C=O) groups is 4. The number of hydrazine groups is 1. The Bertz CT molecular complexity index is 1190. The molecule has 0 unspecified atom stereocenters. The molecule has 2 aromatic rings. The summed E-state index contributed by atoms with van der Waals surface area (Å²) in [5.74, 6) is -0.589. The van der Waals surface area contributed by atoms with Crippen molar-refractivity contribution in [3.05, 3.63) is 68.8 Å². The first kappa shape index (κ1) is 30.9. The predicted octanol–water partition coefficient (Wildman–Crippen LogP) is 5.59. The second-order valence-corrected chi connectivity index (χ2v) is 9.82. The lowest BCUT2D eigenvalue weighted by molar-refractivity contribution is -0.385. The lowest BCUT2D eigenvalue weighted by atomic mass is 10.2. The van der Waals surface area contributed by atoms with Gasteiger partial charge in [-0.15, -0.1) is 0 Å². The van der Waals surface area contributed by atoms with E-state index < -0.39 is 45.4 Å². The molecule has 2 aromatic carbocycles. The Morgan fingerprint density at radius 1 is 0.575 bits per heavy atom. The standard InChI is InChI=1S/C24H26N4O12/c1-23(2,3)39-21(31)25(19(29)37-17-11-7-15(8-12-17)27(33)34)26(22(32)40-24(4,5)6)20(30)38-18-13-9-16(10-14-18)28(35)36/h7-14H,1-6H3. The van der Waals surface area contributed by atoms with Crippen molar-refractivity contribution in [2.45, 2.75) is 52.7 Å². The summed E-state index contributed by atoms with van der Waals surface area (Å²) in [6.07, 6.45) is -6.39. The number of rotatable bonds is 4. The Kier molecular flexibility index (Phi) is 9.33. The average Bonchev–Trinajstić information content (AvgIpc) is 2.80. The number of hydrogen-bond donors (Lipinski definition) is 0. The molecule has 0 N–H and O–H groups in total. The molecule has 16 heteroatoms. The molecule has 0 heterocycles. The van der Waals surface area contributed by atoms with Crippen LogP contribution in [-0.2, 0) is 9.47 Å². The van der Waals surface area contributed by atoms with Gasteiger partial charge in [0.2, 0.25) is 0 Å². The topological polar surface area (TPSA) is 198 Å². The van der Waals surface area contributed by atoms with Gasteiger partial charge >= 0.3 is 24.4 Å². The van der Waals surface area contributed by atoms with E-state index in [1.54, 1.807) is 0 Å². The molecule has 0 aliphatic heterocycles. The van der Waals surface area contributed by atoms with Crippen LogP contribution in [-0.4, -0.2) is 55.4 Å². The third-order valence-electron chi connectivity index (χ3n) is 4.18. The summed E-state index contributed by atoms with van der Waals surface area (Å²) in [6.45, 7) is 8.65. The van der Waals surface area contributed by atoms with E-state index in [0.29, 0.717) is 0 Å². The maximum atomic E-state index is 13.2. The van der Waals surface area contributed by atoms with Gasteiger partial charge in [-0.3, -0.25) is 20.2 Å². The summed E-state index contributed by atoms with van der Waals surface area (Å²) in [6, 6.07) is 8.19. The Hall–Kier alpha value is -5.28. The van der Waals surface area contributed by atoms with Crippen LogP contribution in [0.1, 0.15) is 41.5 Å². The molecule has 0 fully saturated rings. The molecule has 0 atom stereocenters. The third-order valence-corrected chi connectivity index (χ3v) is 4.18. The van der Waals surface area contributed by atoms with Gasteiger partial charge in [-0.05, 0) is 65.8 Å². The van der Waals surface area contributed by atoms with Gasteiger partial charge in [0, 0.05) is 24.3 Å². The van der Waals surface area contributed by atoms with Crippen molar-refractivity contribution < 1.29 is 48.0 Å². The van der Waals surface area contributed by atoms with Crippen molar-refractivity contribution in [3.63, 3.8) is 0 Å². The molecule has 2 rings (SSSR count). The average molecular weight is 562 g/mol. The molecule has 16 nitrogen and oxygen atoms in total. The molecular formula is C24H26N4O12. The lowest BCUT2D eigenvalue weighted by Gasteiger charge is -2.32. The first-order valence-electron chi connectivity index (χ1n) is 11.4. The van der Waals surface area contributed by atoms with Crippen LogP contribution in [0.15, 0.2) is 48.5 Å². The van der Waals surface area contributed by atoms with E-state index in [4.69, 9.17) is 18.9 Å². The lowest BCUT2D eigenvalue weighted by Crippen LogP contribution is -2.59. The molecule has 0 radical (unpaired) electrons. The van der Waals surface area contributed by atoms with Crippen LogP contribution in [0.25, 0.3) is 0 Å². The van der Waals surface area contributed by atoms with Crippen LogP contribution >= 0.6 is 0 Å². The van der Waals surface area contributed by atoms with Crippen molar-refractivity contribution >= 4 is 35.7 Å². The van der Waals surface area contributed by atoms with Crippen LogP contribution in [0, 0.1) is 20.2 Å². The van der Waals surface area contributed by atoms with Crippen LogP contribution in [0.3, 0.4) is 0 Å². The first-order chi connectivity index (χ1) is 18.4. The zero-order chi connectivity index (χ0) is 30.4. The molecule has 0 saturated heterocycles. The largest absolute Gasteiger partial charge is 0.445 e. The fourth-order valence-electron chi connectivity index (χ4n) is 2.65.